The van der Waals surface area contributed by atoms with E-state index in [4.69, 9.17) is 16.1 Å². The third-order valence-electron chi connectivity index (χ3n) is 3.52. The van der Waals surface area contributed by atoms with E-state index in [1.165, 1.54) is 28.9 Å². The molecule has 0 bridgehead atoms. The Morgan fingerprint density at radius 1 is 1.19 bits per heavy atom. The van der Waals surface area contributed by atoms with Gasteiger partial charge in [-0.15, -0.1) is 5.10 Å². The van der Waals surface area contributed by atoms with Crippen molar-refractivity contribution in [1.82, 2.24) is 25.1 Å². The Bertz CT molecular complexity index is 1110. The maximum Gasteiger partial charge on any atom is 0.316 e. The summed E-state index contributed by atoms with van der Waals surface area (Å²) < 4.78 is 19.6. The summed E-state index contributed by atoms with van der Waals surface area (Å²) in [4.78, 5) is 16.1. The monoisotopic (exact) mass is 384 g/mol. The number of halogens is 2. The van der Waals surface area contributed by atoms with Crippen molar-refractivity contribution in [2.24, 2.45) is 0 Å². The zero-order chi connectivity index (χ0) is 18.8. The van der Waals surface area contributed by atoms with Crippen molar-refractivity contribution in [3.8, 4) is 17.2 Å². The third kappa shape index (κ3) is 3.67. The Morgan fingerprint density at radius 2 is 2.00 bits per heavy atom. The maximum absolute atomic E-state index is 13.2. The molecule has 10 heteroatoms. The zero-order valence-corrected chi connectivity index (χ0v) is 14.3. The number of anilines is 1. The van der Waals surface area contributed by atoms with Crippen molar-refractivity contribution in [2.45, 2.75) is 0 Å². The molecule has 0 spiro atoms. The van der Waals surface area contributed by atoms with Gasteiger partial charge in [-0.1, -0.05) is 28.0 Å². The molecule has 4 rings (SSSR count). The van der Waals surface area contributed by atoms with Crippen molar-refractivity contribution >= 4 is 23.2 Å². The lowest BCUT2D eigenvalue weighted by Gasteiger charge is -2.00. The number of rotatable bonds is 4. The Hall–Kier alpha value is -3.59. The van der Waals surface area contributed by atoms with Crippen molar-refractivity contribution in [3.63, 3.8) is 0 Å². The molecule has 0 unspecified atom stereocenters. The van der Waals surface area contributed by atoms with Crippen LogP contribution in [0.1, 0.15) is 10.7 Å². The van der Waals surface area contributed by atoms with E-state index in [0.29, 0.717) is 10.7 Å². The average Bonchev–Trinajstić information content (AvgIpc) is 3.32. The van der Waals surface area contributed by atoms with Gasteiger partial charge in [0.05, 0.1) is 11.9 Å². The second-order valence-corrected chi connectivity index (χ2v) is 5.85. The van der Waals surface area contributed by atoms with Crippen LogP contribution in [0, 0.1) is 5.82 Å². The van der Waals surface area contributed by atoms with Crippen LogP contribution in [0.4, 0.5) is 10.1 Å². The molecule has 0 aliphatic rings. The van der Waals surface area contributed by atoms with Gasteiger partial charge in [-0.2, -0.15) is 4.98 Å². The number of benzene rings is 2. The fourth-order valence-electron chi connectivity index (χ4n) is 2.26. The highest BCUT2D eigenvalue weighted by Gasteiger charge is 2.18. The minimum Gasteiger partial charge on any atom is -0.328 e. The molecule has 1 N–H and O–H groups in total. The van der Waals surface area contributed by atoms with E-state index < -0.39 is 11.7 Å². The van der Waals surface area contributed by atoms with E-state index in [1.807, 2.05) is 0 Å². The molecule has 4 aromatic rings. The van der Waals surface area contributed by atoms with Crippen molar-refractivity contribution in [2.75, 3.05) is 5.32 Å². The first-order valence-corrected chi connectivity index (χ1v) is 8.05. The minimum atomic E-state index is -0.663. The van der Waals surface area contributed by atoms with Crippen LogP contribution in [0.5, 0.6) is 0 Å². The highest BCUT2D eigenvalue weighted by Crippen LogP contribution is 2.17. The summed E-state index contributed by atoms with van der Waals surface area (Å²) in [5.74, 6) is -1.32. The summed E-state index contributed by atoms with van der Waals surface area (Å²) in [6, 6.07) is 12.4. The van der Waals surface area contributed by atoms with Gasteiger partial charge in [0.15, 0.2) is 5.69 Å². The van der Waals surface area contributed by atoms with Crippen LogP contribution in [-0.2, 0) is 0 Å². The minimum absolute atomic E-state index is 0.0969. The van der Waals surface area contributed by atoms with E-state index in [9.17, 15) is 9.18 Å². The number of nitrogens with one attached hydrogen (secondary N) is 1. The lowest BCUT2D eigenvalue weighted by Crippen LogP contribution is -2.12. The molecule has 0 aliphatic heterocycles. The van der Waals surface area contributed by atoms with Gasteiger partial charge < -0.3 is 9.84 Å². The van der Waals surface area contributed by atoms with Crippen molar-refractivity contribution < 1.29 is 13.7 Å². The Labute approximate surface area is 156 Å². The van der Waals surface area contributed by atoms with Gasteiger partial charge in [-0.05, 0) is 42.5 Å². The summed E-state index contributed by atoms with van der Waals surface area (Å²) >= 11 is 5.86. The van der Waals surface area contributed by atoms with Crippen molar-refractivity contribution in [3.05, 3.63) is 71.5 Å². The molecule has 27 heavy (non-hydrogen) atoms. The van der Waals surface area contributed by atoms with E-state index in [0.717, 1.165) is 5.69 Å². The second kappa shape index (κ2) is 6.96. The number of carbonyl (C=O) groups excluding carboxylic acids is 1. The van der Waals surface area contributed by atoms with Gasteiger partial charge in [-0.25, -0.2) is 9.07 Å². The van der Waals surface area contributed by atoms with Crippen LogP contribution in [0.2, 0.25) is 5.02 Å². The van der Waals surface area contributed by atoms with Crippen LogP contribution in [-0.4, -0.2) is 31.0 Å². The van der Waals surface area contributed by atoms with E-state index >= 15 is 0 Å². The lowest BCUT2D eigenvalue weighted by atomic mass is 10.3. The first kappa shape index (κ1) is 16.9. The Kier molecular flexibility index (Phi) is 4.35. The first-order chi connectivity index (χ1) is 13.1. The Morgan fingerprint density at radius 3 is 2.78 bits per heavy atom. The van der Waals surface area contributed by atoms with Crippen molar-refractivity contribution in [1.29, 1.82) is 0 Å². The zero-order valence-electron chi connectivity index (χ0n) is 13.5. The third-order valence-corrected chi connectivity index (χ3v) is 3.77. The molecule has 2 aromatic carbocycles. The fraction of sp³-hybridized carbons (Fsp3) is 0. The highest BCUT2D eigenvalue weighted by atomic mass is 35.5. The van der Waals surface area contributed by atoms with E-state index in [-0.39, 0.29) is 17.4 Å². The van der Waals surface area contributed by atoms with E-state index in [1.54, 1.807) is 30.5 Å². The predicted molar refractivity (Wildman–Crippen MR) is 94.0 cm³/mol. The van der Waals surface area contributed by atoms with E-state index in [2.05, 4.69) is 25.8 Å². The highest BCUT2D eigenvalue weighted by molar-refractivity contribution is 6.30. The summed E-state index contributed by atoms with van der Waals surface area (Å²) in [6.07, 6.45) is 1.59. The number of amides is 1. The van der Waals surface area contributed by atoms with Gasteiger partial charge in [0.25, 0.3) is 0 Å². The molecule has 2 aromatic heterocycles. The number of hydrogen-bond donors (Lipinski definition) is 1. The number of aromatic nitrogens is 5. The van der Waals surface area contributed by atoms with Crippen LogP contribution in [0.3, 0.4) is 0 Å². The smallest absolute Gasteiger partial charge is 0.316 e. The molecular weight excluding hydrogens is 375 g/mol. The van der Waals surface area contributed by atoms with Crippen LogP contribution in [0.25, 0.3) is 17.2 Å². The molecule has 8 nitrogen and oxygen atoms in total. The number of nitrogens with zero attached hydrogens (tertiary/aromatic N) is 5. The molecule has 0 fully saturated rings. The van der Waals surface area contributed by atoms with Gasteiger partial charge in [0.1, 0.15) is 5.82 Å². The quantitative estimate of drug-likeness (QED) is 0.579. The molecule has 0 aliphatic carbocycles. The van der Waals surface area contributed by atoms with Crippen LogP contribution < -0.4 is 5.32 Å². The second-order valence-electron chi connectivity index (χ2n) is 5.41. The normalized spacial score (nSPS) is 10.7. The summed E-state index contributed by atoms with van der Waals surface area (Å²) in [5.41, 5.74) is 1.33. The molecule has 0 radical (unpaired) electrons. The molecular formula is C17H10ClFN6O2. The van der Waals surface area contributed by atoms with Gasteiger partial charge >= 0.3 is 11.8 Å². The lowest BCUT2D eigenvalue weighted by molar-refractivity contribution is 0.0981. The summed E-state index contributed by atoms with van der Waals surface area (Å²) in [6.45, 7) is 0. The molecule has 1 amide bonds. The molecule has 0 saturated carbocycles. The maximum atomic E-state index is 13.2. The number of carbonyl (C=O) groups is 1. The average molecular weight is 385 g/mol. The molecule has 134 valence electrons. The summed E-state index contributed by atoms with van der Waals surface area (Å²) in [7, 11) is 0. The van der Waals surface area contributed by atoms with Crippen LogP contribution >= 0.6 is 11.6 Å². The predicted octanol–water partition coefficient (Wildman–Crippen LogP) is 3.36. The first-order valence-electron chi connectivity index (χ1n) is 7.68. The van der Waals surface area contributed by atoms with Gasteiger partial charge in [0, 0.05) is 10.7 Å². The van der Waals surface area contributed by atoms with Gasteiger partial charge in [0.2, 0.25) is 5.82 Å². The van der Waals surface area contributed by atoms with Gasteiger partial charge in [-0.3, -0.25) is 4.79 Å². The molecule has 0 atom stereocenters. The Balaban J connectivity index is 1.52. The largest absolute Gasteiger partial charge is 0.328 e. The molecule has 2 heterocycles. The standard InChI is InChI=1S/C17H10ClFN6O2/c18-10-4-6-13(7-5-10)25-9-14(22-24-25)15-21-17(27-23-15)16(26)20-12-3-1-2-11(19)8-12/h1-9H,(H,20,26). The topological polar surface area (TPSA) is 98.7 Å². The fourth-order valence-corrected chi connectivity index (χ4v) is 2.38. The van der Waals surface area contributed by atoms with Crippen LogP contribution in [0.15, 0.2) is 59.3 Å². The summed E-state index contributed by atoms with van der Waals surface area (Å²) in [5, 5.41) is 14.8. The number of hydrogen-bond acceptors (Lipinski definition) is 6. The SMILES string of the molecule is O=C(Nc1cccc(F)c1)c1nc(-c2cn(-c3ccc(Cl)cc3)nn2)no1. The molecule has 0 saturated heterocycles.